The van der Waals surface area contributed by atoms with Crippen molar-refractivity contribution in [3.63, 3.8) is 0 Å². The molecule has 2 rings (SSSR count). The van der Waals surface area contributed by atoms with Crippen molar-refractivity contribution in [1.29, 1.82) is 0 Å². The van der Waals surface area contributed by atoms with E-state index in [0.717, 1.165) is 19.3 Å². The van der Waals surface area contributed by atoms with Crippen LogP contribution < -0.4 is 0 Å². The molecule has 1 fully saturated rings. The van der Waals surface area contributed by atoms with Crippen LogP contribution in [-0.2, 0) is 11.2 Å². The number of hydrogen-bond acceptors (Lipinski definition) is 2. The van der Waals surface area contributed by atoms with Gasteiger partial charge in [-0.1, -0.05) is 0 Å². The maximum Gasteiger partial charge on any atom is 0.143 e. The summed E-state index contributed by atoms with van der Waals surface area (Å²) < 4.78 is 32.9. The Morgan fingerprint density at radius 2 is 2.17 bits per heavy atom. The Balaban J connectivity index is 2.10. The summed E-state index contributed by atoms with van der Waals surface area (Å²) in [5.74, 6) is -1.28. The number of aliphatic hydroxyl groups excluding tert-OH is 1. The van der Waals surface area contributed by atoms with Gasteiger partial charge >= 0.3 is 0 Å². The van der Waals surface area contributed by atoms with Gasteiger partial charge in [-0.15, -0.1) is 0 Å². The monoisotopic (exact) mass is 320 g/mol. The molecule has 18 heavy (non-hydrogen) atoms. The van der Waals surface area contributed by atoms with Gasteiger partial charge in [0, 0.05) is 18.6 Å². The summed E-state index contributed by atoms with van der Waals surface area (Å²) in [5, 5.41) is 9.99. The topological polar surface area (TPSA) is 29.5 Å². The molecule has 2 unspecified atom stereocenters. The van der Waals surface area contributed by atoms with Gasteiger partial charge in [-0.2, -0.15) is 0 Å². The molecule has 2 nitrogen and oxygen atoms in total. The summed E-state index contributed by atoms with van der Waals surface area (Å²) in [6, 6.07) is 2.51. The Kier molecular flexibility index (Phi) is 4.70. The molecule has 1 saturated heterocycles. The van der Waals surface area contributed by atoms with Crippen molar-refractivity contribution in [2.75, 3.05) is 6.61 Å². The summed E-state index contributed by atoms with van der Waals surface area (Å²) in [6.07, 6.45) is 1.42. The minimum atomic E-state index is -0.872. The van der Waals surface area contributed by atoms with Crippen LogP contribution in [0.15, 0.2) is 16.6 Å². The molecule has 100 valence electrons. The molecule has 0 aromatic heterocycles. The lowest BCUT2D eigenvalue weighted by molar-refractivity contribution is -0.0615. The zero-order valence-electron chi connectivity index (χ0n) is 9.83. The second-order valence-corrected chi connectivity index (χ2v) is 5.35. The van der Waals surface area contributed by atoms with E-state index in [4.69, 9.17) is 4.74 Å². The normalized spacial score (nSPS) is 21.9. The fraction of sp³-hybridized carbons (Fsp3) is 0.538. The molecule has 0 amide bonds. The van der Waals surface area contributed by atoms with Crippen LogP contribution >= 0.6 is 15.9 Å². The Labute approximate surface area is 113 Å². The van der Waals surface area contributed by atoms with Gasteiger partial charge in [0.05, 0.1) is 16.7 Å². The molecule has 2 atom stereocenters. The van der Waals surface area contributed by atoms with Crippen LogP contribution in [0.3, 0.4) is 0 Å². The lowest BCUT2D eigenvalue weighted by atomic mass is 9.98. The van der Waals surface area contributed by atoms with E-state index in [9.17, 15) is 13.9 Å². The van der Waals surface area contributed by atoms with E-state index < -0.39 is 17.7 Å². The van der Waals surface area contributed by atoms with Gasteiger partial charge in [-0.25, -0.2) is 8.78 Å². The van der Waals surface area contributed by atoms with E-state index in [2.05, 4.69) is 15.9 Å². The molecule has 1 N–H and O–H groups in total. The third-order valence-corrected chi connectivity index (χ3v) is 3.81. The first-order valence-corrected chi connectivity index (χ1v) is 6.81. The zero-order chi connectivity index (χ0) is 13.1. The van der Waals surface area contributed by atoms with Gasteiger partial charge in [0.2, 0.25) is 0 Å². The third-order valence-electron chi connectivity index (χ3n) is 3.20. The van der Waals surface area contributed by atoms with E-state index in [1.165, 1.54) is 12.1 Å². The lowest BCUT2D eigenvalue weighted by Crippen LogP contribution is -2.34. The summed E-state index contributed by atoms with van der Waals surface area (Å²) in [6.45, 7) is 0.602. The van der Waals surface area contributed by atoms with E-state index in [-0.39, 0.29) is 22.6 Å². The minimum Gasteiger partial charge on any atom is -0.390 e. The number of hydrogen-bond donors (Lipinski definition) is 1. The molecule has 1 aromatic carbocycles. The fourth-order valence-electron chi connectivity index (χ4n) is 2.17. The van der Waals surface area contributed by atoms with Crippen LogP contribution in [0.25, 0.3) is 0 Å². The smallest absolute Gasteiger partial charge is 0.143 e. The summed E-state index contributed by atoms with van der Waals surface area (Å²) in [5.41, 5.74) is -0.0916. The number of ether oxygens (including phenoxy) is 1. The predicted molar refractivity (Wildman–Crippen MR) is 67.4 cm³/mol. The maximum atomic E-state index is 13.8. The van der Waals surface area contributed by atoms with Crippen molar-refractivity contribution >= 4 is 15.9 Å². The Bertz CT molecular complexity index is 420. The van der Waals surface area contributed by atoms with Crippen molar-refractivity contribution in [1.82, 2.24) is 0 Å². The Hall–Kier alpha value is -0.520. The quantitative estimate of drug-likeness (QED) is 0.867. The molecule has 0 saturated carbocycles. The van der Waals surface area contributed by atoms with Crippen LogP contribution in [0.5, 0.6) is 0 Å². The molecule has 0 aliphatic carbocycles. The van der Waals surface area contributed by atoms with E-state index in [1.54, 1.807) is 0 Å². The number of halogens is 3. The standard InChI is InChI=1S/C13H15BrF2O2/c14-9-4-5-10(15)8(13(9)16)7-11(17)12-3-1-2-6-18-12/h4-5,11-12,17H,1-3,6-7H2. The SMILES string of the molecule is OC(Cc1c(F)ccc(Br)c1F)C1CCCCO1. The predicted octanol–water partition coefficient (Wildman–Crippen LogP) is 3.20. The highest BCUT2D eigenvalue weighted by molar-refractivity contribution is 9.10. The van der Waals surface area contributed by atoms with E-state index in [0.29, 0.717) is 6.61 Å². The molecule has 0 spiro atoms. The van der Waals surface area contributed by atoms with Gasteiger partial charge in [-0.05, 0) is 47.3 Å². The van der Waals surface area contributed by atoms with Gasteiger partial charge < -0.3 is 9.84 Å². The first-order chi connectivity index (χ1) is 8.59. The van der Waals surface area contributed by atoms with Crippen LogP contribution in [0.4, 0.5) is 8.78 Å². The first-order valence-electron chi connectivity index (χ1n) is 6.01. The molecule has 0 bridgehead atoms. The van der Waals surface area contributed by atoms with Crippen LogP contribution in [0.1, 0.15) is 24.8 Å². The first kappa shape index (κ1) is 13.9. The number of rotatable bonds is 3. The summed E-state index contributed by atoms with van der Waals surface area (Å²) in [4.78, 5) is 0. The highest BCUT2D eigenvalue weighted by Crippen LogP contribution is 2.25. The molecule has 0 radical (unpaired) electrons. The minimum absolute atomic E-state index is 0.0677. The van der Waals surface area contributed by atoms with Gasteiger partial charge in [0.15, 0.2) is 0 Å². The third kappa shape index (κ3) is 3.08. The van der Waals surface area contributed by atoms with Crippen molar-refractivity contribution in [2.45, 2.75) is 37.9 Å². The van der Waals surface area contributed by atoms with Crippen LogP contribution in [-0.4, -0.2) is 23.9 Å². The van der Waals surface area contributed by atoms with Crippen molar-refractivity contribution in [2.24, 2.45) is 0 Å². The van der Waals surface area contributed by atoms with Crippen LogP contribution in [0, 0.1) is 11.6 Å². The number of benzene rings is 1. The Morgan fingerprint density at radius 1 is 1.39 bits per heavy atom. The van der Waals surface area contributed by atoms with Crippen molar-refractivity contribution < 1.29 is 18.6 Å². The molecule has 1 aromatic rings. The molecular formula is C13H15BrF2O2. The largest absolute Gasteiger partial charge is 0.390 e. The molecule has 1 aliphatic rings. The lowest BCUT2D eigenvalue weighted by Gasteiger charge is -2.27. The van der Waals surface area contributed by atoms with Crippen LogP contribution in [0.2, 0.25) is 0 Å². The van der Waals surface area contributed by atoms with E-state index in [1.807, 2.05) is 0 Å². The Morgan fingerprint density at radius 3 is 2.83 bits per heavy atom. The summed E-state index contributed by atoms with van der Waals surface area (Å²) in [7, 11) is 0. The average Bonchev–Trinajstić information content (AvgIpc) is 2.40. The second kappa shape index (κ2) is 6.08. The summed E-state index contributed by atoms with van der Waals surface area (Å²) >= 11 is 3.01. The zero-order valence-corrected chi connectivity index (χ0v) is 11.4. The molecule has 5 heteroatoms. The molecular weight excluding hydrogens is 306 g/mol. The molecule has 1 heterocycles. The highest BCUT2D eigenvalue weighted by atomic mass is 79.9. The highest BCUT2D eigenvalue weighted by Gasteiger charge is 2.25. The van der Waals surface area contributed by atoms with Crippen molar-refractivity contribution in [3.05, 3.63) is 33.8 Å². The van der Waals surface area contributed by atoms with Crippen molar-refractivity contribution in [3.8, 4) is 0 Å². The van der Waals surface area contributed by atoms with E-state index >= 15 is 0 Å². The van der Waals surface area contributed by atoms with Gasteiger partial charge in [0.25, 0.3) is 0 Å². The second-order valence-electron chi connectivity index (χ2n) is 4.50. The van der Waals surface area contributed by atoms with Gasteiger partial charge in [0.1, 0.15) is 11.6 Å². The molecule has 1 aliphatic heterocycles. The fourth-order valence-corrected chi connectivity index (χ4v) is 2.54. The van der Waals surface area contributed by atoms with Gasteiger partial charge in [-0.3, -0.25) is 0 Å². The maximum absolute atomic E-state index is 13.8. The number of aliphatic hydroxyl groups is 1. The average molecular weight is 321 g/mol.